The number of rotatable bonds is 3. The first-order valence-corrected chi connectivity index (χ1v) is 3.68. The molecule has 0 aromatic heterocycles. The van der Waals surface area contributed by atoms with Crippen molar-refractivity contribution in [1.82, 2.24) is 0 Å². The fraction of sp³-hybridized carbons (Fsp3) is 0.222. The van der Waals surface area contributed by atoms with Crippen molar-refractivity contribution in [1.29, 1.82) is 0 Å². The number of methoxy groups -OCH3 is 1. The van der Waals surface area contributed by atoms with Crippen LogP contribution >= 0.6 is 12.4 Å². The summed E-state index contributed by atoms with van der Waals surface area (Å²) in [5.41, 5.74) is 0.919. The number of carbonyl (C=O) groups excluding carboxylic acids is 1. The van der Waals surface area contributed by atoms with Crippen molar-refractivity contribution >= 4 is 24.1 Å². The highest BCUT2D eigenvalue weighted by atomic mass is 35.5. The Bertz CT molecular complexity index is 251. The predicted octanol–water partition coefficient (Wildman–Crippen LogP) is 1.69. The lowest BCUT2D eigenvalue weighted by Gasteiger charge is -2.03. The summed E-state index contributed by atoms with van der Waals surface area (Å²) in [5.74, 6) is -0.265. The van der Waals surface area contributed by atoms with Crippen LogP contribution in [-0.4, -0.2) is 19.6 Å². The topological polar surface area (TPSA) is 38.3 Å². The van der Waals surface area contributed by atoms with Crippen molar-refractivity contribution < 1.29 is 9.53 Å². The molecule has 4 heteroatoms. The van der Waals surface area contributed by atoms with Crippen LogP contribution in [-0.2, 0) is 9.53 Å². The SMILES string of the molecule is COC(=O)CNc1ccccc1.Cl. The van der Waals surface area contributed by atoms with Gasteiger partial charge in [-0.3, -0.25) is 4.79 Å². The third kappa shape index (κ3) is 4.38. The number of benzene rings is 1. The molecule has 0 atom stereocenters. The molecule has 0 bridgehead atoms. The number of ether oxygens (including phenoxy) is 1. The highest BCUT2D eigenvalue weighted by Crippen LogP contribution is 2.03. The Hall–Kier alpha value is -1.22. The standard InChI is InChI=1S/C9H11NO2.ClH/c1-12-9(11)7-10-8-5-3-2-4-6-8;/h2-6,10H,7H2,1H3;1H. The van der Waals surface area contributed by atoms with E-state index >= 15 is 0 Å². The molecule has 0 saturated heterocycles. The molecule has 0 saturated carbocycles. The maximum absolute atomic E-state index is 10.7. The Morgan fingerprint density at radius 2 is 2.00 bits per heavy atom. The van der Waals surface area contributed by atoms with E-state index < -0.39 is 0 Å². The van der Waals surface area contributed by atoms with Gasteiger partial charge >= 0.3 is 5.97 Å². The van der Waals surface area contributed by atoms with E-state index in [1.54, 1.807) is 0 Å². The zero-order valence-corrected chi connectivity index (χ0v) is 8.14. The zero-order valence-electron chi connectivity index (χ0n) is 7.32. The van der Waals surface area contributed by atoms with Gasteiger partial charge < -0.3 is 10.1 Å². The van der Waals surface area contributed by atoms with Crippen LogP contribution in [0.15, 0.2) is 30.3 Å². The van der Waals surface area contributed by atoms with Gasteiger partial charge in [0, 0.05) is 5.69 Å². The molecule has 72 valence electrons. The van der Waals surface area contributed by atoms with Crippen LogP contribution in [0.3, 0.4) is 0 Å². The van der Waals surface area contributed by atoms with E-state index in [9.17, 15) is 4.79 Å². The third-order valence-electron chi connectivity index (χ3n) is 1.44. The molecule has 0 unspecified atom stereocenters. The number of esters is 1. The summed E-state index contributed by atoms with van der Waals surface area (Å²) in [6.45, 7) is 0.209. The van der Waals surface area contributed by atoms with Gasteiger partial charge in [0.15, 0.2) is 0 Å². The summed E-state index contributed by atoms with van der Waals surface area (Å²) in [7, 11) is 1.37. The van der Waals surface area contributed by atoms with Gasteiger partial charge in [-0.2, -0.15) is 0 Å². The number of hydrogen-bond acceptors (Lipinski definition) is 3. The molecule has 0 aliphatic carbocycles. The molecular formula is C9H12ClNO2. The van der Waals surface area contributed by atoms with Crippen LogP contribution in [0.2, 0.25) is 0 Å². The number of halogens is 1. The Kier molecular flexibility index (Phi) is 5.72. The van der Waals surface area contributed by atoms with Gasteiger partial charge in [-0.1, -0.05) is 18.2 Å². The maximum atomic E-state index is 10.7. The van der Waals surface area contributed by atoms with E-state index in [-0.39, 0.29) is 24.9 Å². The van der Waals surface area contributed by atoms with E-state index in [4.69, 9.17) is 0 Å². The molecule has 0 amide bonds. The van der Waals surface area contributed by atoms with E-state index in [1.165, 1.54) is 7.11 Å². The van der Waals surface area contributed by atoms with E-state index in [1.807, 2.05) is 30.3 Å². The summed E-state index contributed by atoms with van der Waals surface area (Å²) >= 11 is 0. The minimum absolute atomic E-state index is 0. The molecule has 1 aromatic carbocycles. The number of nitrogens with one attached hydrogen (secondary N) is 1. The number of anilines is 1. The molecule has 0 fully saturated rings. The zero-order chi connectivity index (χ0) is 8.81. The molecule has 3 nitrogen and oxygen atoms in total. The third-order valence-corrected chi connectivity index (χ3v) is 1.44. The fourth-order valence-electron chi connectivity index (χ4n) is 0.802. The highest BCUT2D eigenvalue weighted by Gasteiger charge is 1.97. The first-order valence-electron chi connectivity index (χ1n) is 3.68. The van der Waals surface area contributed by atoms with Crippen LogP contribution in [0.5, 0.6) is 0 Å². The average molecular weight is 202 g/mol. The smallest absolute Gasteiger partial charge is 0.325 e. The van der Waals surface area contributed by atoms with Crippen molar-refractivity contribution in [3.8, 4) is 0 Å². The fourth-order valence-corrected chi connectivity index (χ4v) is 0.802. The van der Waals surface area contributed by atoms with Crippen molar-refractivity contribution in [3.63, 3.8) is 0 Å². The monoisotopic (exact) mass is 201 g/mol. The quantitative estimate of drug-likeness (QED) is 0.757. The van der Waals surface area contributed by atoms with Crippen LogP contribution in [0.25, 0.3) is 0 Å². The van der Waals surface area contributed by atoms with Gasteiger partial charge in [-0.25, -0.2) is 0 Å². The lowest BCUT2D eigenvalue weighted by molar-refractivity contribution is -0.138. The van der Waals surface area contributed by atoms with Crippen LogP contribution in [0.1, 0.15) is 0 Å². The normalized spacial score (nSPS) is 8.38. The lowest BCUT2D eigenvalue weighted by atomic mass is 10.3. The van der Waals surface area contributed by atoms with Crippen LogP contribution in [0, 0.1) is 0 Å². The predicted molar refractivity (Wildman–Crippen MR) is 54.2 cm³/mol. The van der Waals surface area contributed by atoms with Gasteiger partial charge in [0.1, 0.15) is 6.54 Å². The number of para-hydroxylation sites is 1. The second kappa shape index (κ2) is 6.31. The van der Waals surface area contributed by atoms with Crippen LogP contribution in [0.4, 0.5) is 5.69 Å². The Balaban J connectivity index is 0.00000144. The van der Waals surface area contributed by atoms with Gasteiger partial charge in [0.25, 0.3) is 0 Å². The summed E-state index contributed by atoms with van der Waals surface area (Å²) in [6, 6.07) is 9.51. The van der Waals surface area contributed by atoms with Gasteiger partial charge in [0.05, 0.1) is 7.11 Å². The minimum Gasteiger partial charge on any atom is -0.468 e. The van der Waals surface area contributed by atoms with E-state index in [0.29, 0.717) is 0 Å². The van der Waals surface area contributed by atoms with Crippen molar-refractivity contribution in [2.24, 2.45) is 0 Å². The molecule has 1 N–H and O–H groups in total. The molecule has 0 radical (unpaired) electrons. The van der Waals surface area contributed by atoms with Crippen molar-refractivity contribution in [3.05, 3.63) is 30.3 Å². The summed E-state index contributed by atoms with van der Waals surface area (Å²) in [6.07, 6.45) is 0. The lowest BCUT2D eigenvalue weighted by Crippen LogP contribution is -2.14. The van der Waals surface area contributed by atoms with E-state index in [2.05, 4.69) is 10.1 Å². The summed E-state index contributed by atoms with van der Waals surface area (Å²) < 4.78 is 4.47. The second-order valence-corrected chi connectivity index (χ2v) is 2.30. The Labute approximate surface area is 83.5 Å². The molecule has 0 aliphatic heterocycles. The largest absolute Gasteiger partial charge is 0.468 e. The number of carbonyl (C=O) groups is 1. The van der Waals surface area contributed by atoms with Gasteiger partial charge in [0.2, 0.25) is 0 Å². The first-order chi connectivity index (χ1) is 5.83. The molecule has 1 rings (SSSR count). The average Bonchev–Trinajstić information content (AvgIpc) is 2.16. The molecule has 1 aromatic rings. The first kappa shape index (κ1) is 11.8. The maximum Gasteiger partial charge on any atom is 0.325 e. The molecule has 0 spiro atoms. The highest BCUT2D eigenvalue weighted by molar-refractivity contribution is 5.85. The summed E-state index contributed by atoms with van der Waals surface area (Å²) in [5, 5.41) is 2.92. The van der Waals surface area contributed by atoms with Gasteiger partial charge in [-0.15, -0.1) is 12.4 Å². The molecule has 13 heavy (non-hydrogen) atoms. The van der Waals surface area contributed by atoms with Gasteiger partial charge in [-0.05, 0) is 12.1 Å². The number of hydrogen-bond donors (Lipinski definition) is 1. The molecule has 0 heterocycles. The van der Waals surface area contributed by atoms with Crippen molar-refractivity contribution in [2.75, 3.05) is 19.0 Å². The Morgan fingerprint density at radius 1 is 1.38 bits per heavy atom. The minimum atomic E-state index is -0.265. The van der Waals surface area contributed by atoms with Crippen LogP contribution < -0.4 is 5.32 Å². The van der Waals surface area contributed by atoms with Crippen molar-refractivity contribution in [2.45, 2.75) is 0 Å². The van der Waals surface area contributed by atoms with E-state index in [0.717, 1.165) is 5.69 Å². The molecule has 0 aliphatic rings. The second-order valence-electron chi connectivity index (χ2n) is 2.30. The summed E-state index contributed by atoms with van der Waals surface area (Å²) in [4.78, 5) is 10.7. The molecular weight excluding hydrogens is 190 g/mol. The Morgan fingerprint density at radius 3 is 2.54 bits per heavy atom.